The normalized spacial score (nSPS) is 15.1. The fourth-order valence-electron chi connectivity index (χ4n) is 3.29. The molecule has 0 radical (unpaired) electrons. The molecule has 0 N–H and O–H groups in total. The van der Waals surface area contributed by atoms with Gasteiger partial charge in [0.15, 0.2) is 4.49 Å². The van der Waals surface area contributed by atoms with Crippen LogP contribution >= 0.6 is 7.60 Å². The molecular formula is C22H31O4PS. The van der Waals surface area contributed by atoms with Crippen molar-refractivity contribution in [3.63, 3.8) is 0 Å². The zero-order chi connectivity index (χ0) is 20.5. The molecule has 0 aliphatic heterocycles. The van der Waals surface area contributed by atoms with Crippen molar-refractivity contribution < 1.29 is 17.8 Å². The smallest absolute Gasteiger partial charge is 0.308 e. The highest BCUT2D eigenvalue weighted by molar-refractivity contribution is 7.93. The van der Waals surface area contributed by atoms with Gasteiger partial charge in [-0.15, -0.1) is 0 Å². The summed E-state index contributed by atoms with van der Waals surface area (Å²) >= 11 is 0. The van der Waals surface area contributed by atoms with Crippen LogP contribution in [0.25, 0.3) is 0 Å². The number of benzene rings is 2. The van der Waals surface area contributed by atoms with Gasteiger partial charge >= 0.3 is 7.60 Å². The van der Waals surface area contributed by atoms with Gasteiger partial charge in [-0.2, -0.15) is 0 Å². The van der Waals surface area contributed by atoms with Gasteiger partial charge in [-0.3, -0.25) is 8.77 Å². The summed E-state index contributed by atoms with van der Waals surface area (Å²) in [5, 5.41) is 0. The zero-order valence-electron chi connectivity index (χ0n) is 17.0. The highest BCUT2D eigenvalue weighted by Gasteiger charge is 2.56. The molecular weight excluding hydrogens is 391 g/mol. The van der Waals surface area contributed by atoms with Gasteiger partial charge in [0.25, 0.3) is 0 Å². The number of rotatable bonds is 12. The van der Waals surface area contributed by atoms with Crippen molar-refractivity contribution in [2.45, 2.75) is 44.5 Å². The molecule has 28 heavy (non-hydrogen) atoms. The number of unbranched alkanes of at least 4 members (excludes halogenated alkanes) is 1. The lowest BCUT2D eigenvalue weighted by Gasteiger charge is -2.38. The Kier molecular flexibility index (Phi) is 9.10. The second kappa shape index (κ2) is 11.1. The first-order chi connectivity index (χ1) is 13.5. The van der Waals surface area contributed by atoms with Crippen molar-refractivity contribution in [2.75, 3.05) is 19.0 Å². The first-order valence-electron chi connectivity index (χ1n) is 9.91. The molecule has 0 spiro atoms. The maximum Gasteiger partial charge on any atom is 0.353 e. The molecule has 154 valence electrons. The summed E-state index contributed by atoms with van der Waals surface area (Å²) < 4.78 is 38.4. The molecule has 2 atom stereocenters. The molecule has 6 heteroatoms. The Morgan fingerprint density at radius 3 is 1.93 bits per heavy atom. The molecule has 0 fully saturated rings. The fourth-order valence-corrected chi connectivity index (χ4v) is 8.51. The quantitative estimate of drug-likeness (QED) is 0.400. The van der Waals surface area contributed by atoms with Gasteiger partial charge in [0.05, 0.1) is 13.2 Å². The summed E-state index contributed by atoms with van der Waals surface area (Å²) in [4.78, 5) is 0. The highest BCUT2D eigenvalue weighted by atomic mass is 32.2. The van der Waals surface area contributed by atoms with Crippen LogP contribution < -0.4 is 0 Å². The molecule has 0 saturated carbocycles. The van der Waals surface area contributed by atoms with E-state index in [0.29, 0.717) is 12.2 Å². The Hall–Kier alpha value is -1.26. The summed E-state index contributed by atoms with van der Waals surface area (Å²) in [6, 6.07) is 19.2. The van der Waals surface area contributed by atoms with Gasteiger partial charge in [-0.05, 0) is 31.4 Å². The maximum absolute atomic E-state index is 14.2. The topological polar surface area (TPSA) is 52.6 Å². The van der Waals surface area contributed by atoms with Gasteiger partial charge in [-0.1, -0.05) is 74.0 Å². The molecule has 0 aliphatic carbocycles. The number of hydrogen-bond acceptors (Lipinski definition) is 4. The first-order valence-corrected chi connectivity index (χ1v) is 12.8. The Balaban J connectivity index is 2.73. The standard InChI is InChI=1S/C22H31O4PS/c1-4-7-18-28(24)22(21-16-12-9-13-17-21,19-20-14-10-8-11-15-20)27(23,25-5-2)26-6-3/h8-17H,4-7,18-19H2,1-3H3. The molecule has 0 amide bonds. The van der Waals surface area contributed by atoms with E-state index >= 15 is 0 Å². The maximum atomic E-state index is 14.2. The van der Waals surface area contributed by atoms with Crippen LogP contribution in [0.4, 0.5) is 0 Å². The van der Waals surface area contributed by atoms with Crippen LogP contribution in [0.1, 0.15) is 44.7 Å². The summed E-state index contributed by atoms with van der Waals surface area (Å²) in [5.74, 6) is 0.447. The molecule has 0 aromatic heterocycles. The third kappa shape index (κ3) is 5.01. The van der Waals surface area contributed by atoms with Crippen molar-refractivity contribution in [1.29, 1.82) is 0 Å². The lowest BCUT2D eigenvalue weighted by molar-refractivity contribution is 0.207. The van der Waals surface area contributed by atoms with E-state index in [1.807, 2.05) is 60.7 Å². The monoisotopic (exact) mass is 422 g/mol. The summed E-state index contributed by atoms with van der Waals surface area (Å²) in [6.07, 6.45) is 2.02. The van der Waals surface area contributed by atoms with Crippen molar-refractivity contribution in [1.82, 2.24) is 0 Å². The van der Waals surface area contributed by atoms with Crippen LogP contribution in [0.2, 0.25) is 0 Å². The molecule has 2 aromatic rings. The molecule has 0 bridgehead atoms. The van der Waals surface area contributed by atoms with Gasteiger partial charge in [0.2, 0.25) is 0 Å². The van der Waals surface area contributed by atoms with Gasteiger partial charge < -0.3 is 9.05 Å². The lowest BCUT2D eigenvalue weighted by Crippen LogP contribution is -2.37. The van der Waals surface area contributed by atoms with Crippen LogP contribution in [0.3, 0.4) is 0 Å². The molecule has 4 nitrogen and oxygen atoms in total. The van der Waals surface area contributed by atoms with Crippen molar-refractivity contribution in [2.24, 2.45) is 0 Å². The van der Waals surface area contributed by atoms with Gasteiger partial charge in [-0.25, -0.2) is 0 Å². The third-order valence-electron chi connectivity index (χ3n) is 4.61. The van der Waals surface area contributed by atoms with E-state index in [9.17, 15) is 8.77 Å². The Morgan fingerprint density at radius 1 is 0.893 bits per heavy atom. The van der Waals surface area contributed by atoms with Crippen LogP contribution in [-0.2, 0) is 35.3 Å². The van der Waals surface area contributed by atoms with E-state index in [4.69, 9.17) is 9.05 Å². The average Bonchev–Trinajstić information content (AvgIpc) is 2.72. The summed E-state index contributed by atoms with van der Waals surface area (Å²) in [6.45, 7) is 6.10. The van der Waals surface area contributed by atoms with Crippen LogP contribution in [-0.4, -0.2) is 23.2 Å². The zero-order valence-corrected chi connectivity index (χ0v) is 18.7. The van der Waals surface area contributed by atoms with E-state index in [1.54, 1.807) is 13.8 Å². The summed E-state index contributed by atoms with van der Waals surface area (Å²) in [5.41, 5.74) is 1.69. The van der Waals surface area contributed by atoms with E-state index in [-0.39, 0.29) is 13.2 Å². The van der Waals surface area contributed by atoms with E-state index in [2.05, 4.69) is 6.92 Å². The Labute approximate surface area is 171 Å². The lowest BCUT2D eigenvalue weighted by atomic mass is 10.0. The van der Waals surface area contributed by atoms with Crippen molar-refractivity contribution >= 4 is 18.4 Å². The largest absolute Gasteiger partial charge is 0.353 e. The first kappa shape index (κ1) is 23.0. The predicted molar refractivity (Wildman–Crippen MR) is 117 cm³/mol. The molecule has 0 aliphatic rings. The number of hydrogen-bond donors (Lipinski definition) is 0. The minimum absolute atomic E-state index is 0.228. The van der Waals surface area contributed by atoms with Gasteiger partial charge in [0, 0.05) is 23.0 Å². The second-order valence-corrected chi connectivity index (χ2v) is 10.9. The molecule has 2 aromatic carbocycles. The fraction of sp³-hybridized carbons (Fsp3) is 0.455. The minimum atomic E-state index is -3.74. The minimum Gasteiger partial charge on any atom is -0.308 e. The van der Waals surface area contributed by atoms with Crippen molar-refractivity contribution in [3.05, 3.63) is 71.8 Å². The SMILES string of the molecule is CCCCS(=O)C(Cc1ccccc1)(c1ccccc1)P(=O)(OCC)OCC. The molecule has 2 unspecified atom stereocenters. The van der Waals surface area contributed by atoms with Crippen LogP contribution in [0, 0.1) is 0 Å². The summed E-state index contributed by atoms with van der Waals surface area (Å²) in [7, 11) is -5.20. The van der Waals surface area contributed by atoms with Crippen LogP contribution in [0.15, 0.2) is 60.7 Å². The molecule has 0 saturated heterocycles. The average molecular weight is 423 g/mol. The van der Waals surface area contributed by atoms with Crippen molar-refractivity contribution in [3.8, 4) is 0 Å². The van der Waals surface area contributed by atoms with Gasteiger partial charge in [0.1, 0.15) is 0 Å². The Bertz CT molecular complexity index is 772. The molecule has 2 rings (SSSR count). The van der Waals surface area contributed by atoms with E-state index in [1.165, 1.54) is 0 Å². The third-order valence-corrected chi connectivity index (χ3v) is 10.2. The Morgan fingerprint density at radius 2 is 1.43 bits per heavy atom. The van der Waals surface area contributed by atoms with Crippen LogP contribution in [0.5, 0.6) is 0 Å². The second-order valence-electron chi connectivity index (χ2n) is 6.55. The predicted octanol–water partition coefficient (Wildman–Crippen LogP) is 5.90. The molecule has 0 heterocycles. The van der Waals surface area contributed by atoms with E-state index < -0.39 is 22.9 Å². The highest BCUT2D eigenvalue weighted by Crippen LogP contribution is 2.67. The van der Waals surface area contributed by atoms with E-state index in [0.717, 1.165) is 24.0 Å².